The van der Waals surface area contributed by atoms with Crippen molar-refractivity contribution in [1.29, 1.82) is 0 Å². The van der Waals surface area contributed by atoms with Crippen LogP contribution in [0.4, 0.5) is 0 Å². The highest BCUT2D eigenvalue weighted by molar-refractivity contribution is 5.76. The minimum Gasteiger partial charge on any atom is -0.392 e. The zero-order valence-electron chi connectivity index (χ0n) is 14.8. The Bertz CT molecular complexity index is 551. The zero-order chi connectivity index (χ0) is 16.9. The number of aliphatic hydroxyl groups is 1. The summed E-state index contributed by atoms with van der Waals surface area (Å²) in [6.45, 7) is 7.36. The van der Waals surface area contributed by atoms with Crippen LogP contribution in [0.5, 0.6) is 0 Å². The van der Waals surface area contributed by atoms with E-state index in [9.17, 15) is 9.90 Å². The van der Waals surface area contributed by atoms with Gasteiger partial charge in [-0.15, -0.1) is 0 Å². The summed E-state index contributed by atoms with van der Waals surface area (Å²) < 4.78 is 2.09. The van der Waals surface area contributed by atoms with Gasteiger partial charge in [-0.3, -0.25) is 14.4 Å². The predicted octanol–water partition coefficient (Wildman–Crippen LogP) is 1.41. The second-order valence-corrected chi connectivity index (χ2v) is 7.09. The quantitative estimate of drug-likeness (QED) is 0.855. The van der Waals surface area contributed by atoms with Crippen molar-refractivity contribution in [3.05, 3.63) is 17.5 Å². The van der Waals surface area contributed by atoms with Gasteiger partial charge in [-0.05, 0) is 31.7 Å². The summed E-state index contributed by atoms with van der Waals surface area (Å²) in [5, 5.41) is 14.6. The second-order valence-electron chi connectivity index (χ2n) is 7.09. The summed E-state index contributed by atoms with van der Waals surface area (Å²) in [5.41, 5.74) is 2.23. The van der Waals surface area contributed by atoms with E-state index in [1.54, 1.807) is 0 Å². The van der Waals surface area contributed by atoms with Gasteiger partial charge < -0.3 is 10.0 Å². The van der Waals surface area contributed by atoms with E-state index in [0.29, 0.717) is 6.42 Å². The molecule has 134 valence electrons. The van der Waals surface area contributed by atoms with Crippen LogP contribution in [0.25, 0.3) is 0 Å². The number of nitrogens with zero attached hydrogens (tertiary/aromatic N) is 4. The minimum absolute atomic E-state index is 0.253. The molecule has 1 N–H and O–H groups in total. The number of β-amino-alcohol motifs (C(OH)–C–C–N with tert-alkyl or cyclic N) is 1. The van der Waals surface area contributed by atoms with E-state index in [4.69, 9.17) is 5.10 Å². The molecule has 1 atom stereocenters. The lowest BCUT2D eigenvalue weighted by Gasteiger charge is -2.22. The average Bonchev–Trinajstić information content (AvgIpc) is 3.20. The van der Waals surface area contributed by atoms with Crippen molar-refractivity contribution in [2.75, 3.05) is 26.2 Å². The topological polar surface area (TPSA) is 61.6 Å². The molecule has 0 bridgehead atoms. The van der Waals surface area contributed by atoms with Gasteiger partial charge in [-0.1, -0.05) is 6.92 Å². The first-order valence-electron chi connectivity index (χ1n) is 9.39. The van der Waals surface area contributed by atoms with Crippen LogP contribution in [-0.2, 0) is 24.3 Å². The first kappa shape index (κ1) is 17.4. The van der Waals surface area contributed by atoms with Crippen molar-refractivity contribution in [3.63, 3.8) is 0 Å². The summed E-state index contributed by atoms with van der Waals surface area (Å²) in [5.74, 6) is 0.267. The number of rotatable bonds is 6. The van der Waals surface area contributed by atoms with Crippen molar-refractivity contribution in [2.45, 2.75) is 64.6 Å². The van der Waals surface area contributed by atoms with Crippen molar-refractivity contribution >= 4 is 5.91 Å². The van der Waals surface area contributed by atoms with Gasteiger partial charge in [0.2, 0.25) is 5.91 Å². The average molecular weight is 334 g/mol. The van der Waals surface area contributed by atoms with E-state index in [-0.39, 0.29) is 12.0 Å². The van der Waals surface area contributed by atoms with E-state index in [0.717, 1.165) is 77.1 Å². The summed E-state index contributed by atoms with van der Waals surface area (Å²) >= 11 is 0. The number of hydrogen-bond acceptors (Lipinski definition) is 4. The maximum atomic E-state index is 12.2. The molecular formula is C18H30N4O2. The summed E-state index contributed by atoms with van der Waals surface area (Å²) in [4.78, 5) is 16.5. The van der Waals surface area contributed by atoms with Crippen molar-refractivity contribution in [1.82, 2.24) is 19.6 Å². The molecule has 1 saturated heterocycles. The molecule has 2 aliphatic rings. The third-order valence-electron chi connectivity index (χ3n) is 5.14. The van der Waals surface area contributed by atoms with Gasteiger partial charge in [0, 0.05) is 52.1 Å². The van der Waals surface area contributed by atoms with Gasteiger partial charge in [0.25, 0.3) is 0 Å². The molecule has 0 spiro atoms. The molecule has 0 aromatic carbocycles. The molecule has 0 unspecified atom stereocenters. The van der Waals surface area contributed by atoms with Crippen molar-refractivity contribution in [2.24, 2.45) is 0 Å². The molecule has 1 fully saturated rings. The number of likely N-dealkylation sites (tertiary alicyclic amines) is 1. The fourth-order valence-electron chi connectivity index (χ4n) is 3.65. The lowest BCUT2D eigenvalue weighted by Crippen LogP contribution is -2.31. The van der Waals surface area contributed by atoms with Gasteiger partial charge in [-0.2, -0.15) is 5.10 Å². The fraction of sp³-hybridized carbons (Fsp3) is 0.778. The normalized spacial score (nSPS) is 20.0. The molecule has 6 nitrogen and oxygen atoms in total. The van der Waals surface area contributed by atoms with Gasteiger partial charge in [0.05, 0.1) is 17.5 Å². The van der Waals surface area contributed by atoms with Crippen LogP contribution < -0.4 is 0 Å². The van der Waals surface area contributed by atoms with E-state index < -0.39 is 0 Å². The molecule has 0 aliphatic carbocycles. The van der Waals surface area contributed by atoms with Crippen LogP contribution in [0.15, 0.2) is 6.07 Å². The maximum absolute atomic E-state index is 12.2. The van der Waals surface area contributed by atoms with E-state index in [2.05, 4.69) is 15.6 Å². The van der Waals surface area contributed by atoms with Crippen molar-refractivity contribution in [3.8, 4) is 0 Å². The molecule has 0 saturated carbocycles. The first-order chi connectivity index (χ1) is 11.7. The molecule has 24 heavy (non-hydrogen) atoms. The molecule has 6 heteroatoms. The number of amides is 1. The minimum atomic E-state index is -0.253. The largest absolute Gasteiger partial charge is 0.392 e. The molecule has 1 aromatic rings. The van der Waals surface area contributed by atoms with Crippen LogP contribution >= 0.6 is 0 Å². The standard InChI is InChI=1S/C18H30N4O2/c1-2-17(23)14-20-8-5-11-22-16(13-20)12-15(19-22)6-7-18(24)21-9-3-4-10-21/h12,17,23H,2-11,13-14H2,1H3/t17-/m1/s1. The highest BCUT2D eigenvalue weighted by atomic mass is 16.3. The monoisotopic (exact) mass is 334 g/mol. The molecule has 3 heterocycles. The van der Waals surface area contributed by atoms with Crippen molar-refractivity contribution < 1.29 is 9.90 Å². The molecule has 3 rings (SSSR count). The third kappa shape index (κ3) is 4.36. The number of hydrogen-bond donors (Lipinski definition) is 1. The zero-order valence-corrected chi connectivity index (χ0v) is 14.8. The molecule has 1 aromatic heterocycles. The molecule has 0 radical (unpaired) electrons. The van der Waals surface area contributed by atoms with Gasteiger partial charge in [0.1, 0.15) is 0 Å². The van der Waals surface area contributed by atoms with Crippen LogP contribution in [0, 0.1) is 0 Å². The number of aliphatic hydroxyl groups excluding tert-OH is 1. The highest BCUT2D eigenvalue weighted by Gasteiger charge is 2.20. The number of aromatic nitrogens is 2. The Kier molecular flexibility index (Phi) is 5.89. The van der Waals surface area contributed by atoms with Gasteiger partial charge in [0.15, 0.2) is 0 Å². The number of carbonyl (C=O) groups is 1. The Labute approximate surface area is 144 Å². The van der Waals surface area contributed by atoms with Crippen LogP contribution in [0.1, 0.15) is 50.4 Å². The van der Waals surface area contributed by atoms with Crippen LogP contribution in [-0.4, -0.2) is 62.9 Å². The van der Waals surface area contributed by atoms with Crippen LogP contribution in [0.2, 0.25) is 0 Å². The third-order valence-corrected chi connectivity index (χ3v) is 5.14. The Balaban J connectivity index is 1.56. The Morgan fingerprint density at radius 1 is 1.25 bits per heavy atom. The molecule has 2 aliphatic heterocycles. The Hall–Kier alpha value is -1.40. The summed E-state index contributed by atoms with van der Waals surface area (Å²) in [6, 6.07) is 2.15. The maximum Gasteiger partial charge on any atom is 0.222 e. The smallest absolute Gasteiger partial charge is 0.222 e. The SMILES string of the molecule is CC[C@@H](O)CN1CCCn2nc(CCC(=O)N3CCCC3)cc2C1. The number of carbonyl (C=O) groups excluding carboxylic acids is 1. The predicted molar refractivity (Wildman–Crippen MR) is 92.6 cm³/mol. The second kappa shape index (κ2) is 8.12. The van der Waals surface area contributed by atoms with E-state index in [1.807, 2.05) is 11.8 Å². The molecule has 1 amide bonds. The van der Waals surface area contributed by atoms with Gasteiger partial charge >= 0.3 is 0 Å². The number of aryl methyl sites for hydroxylation is 2. The first-order valence-corrected chi connectivity index (χ1v) is 9.39. The summed E-state index contributed by atoms with van der Waals surface area (Å²) in [6.07, 6.45) is 5.17. The van der Waals surface area contributed by atoms with E-state index in [1.165, 1.54) is 5.69 Å². The number of fused-ring (bicyclic) bond motifs is 1. The lowest BCUT2D eigenvalue weighted by molar-refractivity contribution is -0.130. The van der Waals surface area contributed by atoms with Gasteiger partial charge in [-0.25, -0.2) is 0 Å². The lowest BCUT2D eigenvalue weighted by atomic mass is 10.2. The fourth-order valence-corrected chi connectivity index (χ4v) is 3.65. The van der Waals surface area contributed by atoms with Crippen LogP contribution in [0.3, 0.4) is 0 Å². The molecular weight excluding hydrogens is 304 g/mol. The Morgan fingerprint density at radius 2 is 2.04 bits per heavy atom. The van der Waals surface area contributed by atoms with E-state index >= 15 is 0 Å². The Morgan fingerprint density at radius 3 is 2.79 bits per heavy atom. The summed E-state index contributed by atoms with van der Waals surface area (Å²) in [7, 11) is 0. The highest BCUT2D eigenvalue weighted by Crippen LogP contribution is 2.16.